The molecule has 0 saturated carbocycles. The third kappa shape index (κ3) is 4.04. The predicted octanol–water partition coefficient (Wildman–Crippen LogP) is 3.73. The van der Waals surface area contributed by atoms with E-state index in [0.29, 0.717) is 29.3 Å². The molecule has 0 fully saturated rings. The van der Waals surface area contributed by atoms with Gasteiger partial charge in [0, 0.05) is 28.3 Å². The molecule has 0 saturated heterocycles. The van der Waals surface area contributed by atoms with Crippen LogP contribution in [0.25, 0.3) is 10.9 Å². The summed E-state index contributed by atoms with van der Waals surface area (Å²) < 4.78 is 5.84. The number of terminal acetylenes is 1. The van der Waals surface area contributed by atoms with Gasteiger partial charge in [0.25, 0.3) is 0 Å². The molecule has 142 valence electrons. The van der Waals surface area contributed by atoms with Gasteiger partial charge in [-0.05, 0) is 37.6 Å². The monoisotopic (exact) mass is 374 g/mol. The van der Waals surface area contributed by atoms with Crippen LogP contribution in [0.15, 0.2) is 42.7 Å². The number of primary amides is 1. The van der Waals surface area contributed by atoms with Crippen LogP contribution in [-0.2, 0) is 4.79 Å². The number of carbonyl (C=O) groups excluding carboxylic acids is 1. The largest absolute Gasteiger partial charge is 0.493 e. The van der Waals surface area contributed by atoms with E-state index in [0.717, 1.165) is 23.1 Å². The van der Waals surface area contributed by atoms with Crippen LogP contribution in [0.4, 0.5) is 11.5 Å². The molecular formula is C22H22N4O2. The molecule has 0 bridgehead atoms. The van der Waals surface area contributed by atoms with E-state index in [9.17, 15) is 4.79 Å². The second-order valence-electron chi connectivity index (χ2n) is 6.45. The molecule has 3 N–H and O–H groups in total. The highest BCUT2D eigenvalue weighted by atomic mass is 16.5. The number of carbonyl (C=O) groups is 1. The Bertz CT molecular complexity index is 1060. The minimum atomic E-state index is -0.505. The summed E-state index contributed by atoms with van der Waals surface area (Å²) in [6.07, 6.45) is 7.81. The molecule has 0 spiro atoms. The molecule has 0 aliphatic rings. The second-order valence-corrected chi connectivity index (χ2v) is 6.45. The quantitative estimate of drug-likeness (QED) is 0.615. The van der Waals surface area contributed by atoms with E-state index in [1.54, 1.807) is 6.92 Å². The van der Waals surface area contributed by atoms with Gasteiger partial charge in [0.05, 0.1) is 18.0 Å². The van der Waals surface area contributed by atoms with E-state index < -0.39 is 11.8 Å². The molecule has 0 aliphatic carbocycles. The molecule has 28 heavy (non-hydrogen) atoms. The van der Waals surface area contributed by atoms with Crippen molar-refractivity contribution >= 4 is 28.3 Å². The first-order chi connectivity index (χ1) is 13.5. The molecule has 0 aliphatic heterocycles. The Kier molecular flexibility index (Phi) is 5.75. The molecule has 3 rings (SSSR count). The van der Waals surface area contributed by atoms with Crippen molar-refractivity contribution in [3.8, 4) is 18.1 Å². The molecule has 2 aromatic carbocycles. The highest BCUT2D eigenvalue weighted by Crippen LogP contribution is 2.34. The number of aromatic nitrogens is 2. The highest BCUT2D eigenvalue weighted by Gasteiger charge is 2.19. The van der Waals surface area contributed by atoms with Crippen molar-refractivity contribution in [2.45, 2.75) is 26.2 Å². The number of nitrogens with one attached hydrogen (secondary N) is 1. The van der Waals surface area contributed by atoms with Crippen LogP contribution in [0, 0.1) is 12.3 Å². The van der Waals surface area contributed by atoms with Gasteiger partial charge in [0.15, 0.2) is 0 Å². The summed E-state index contributed by atoms with van der Waals surface area (Å²) in [7, 11) is 0. The first-order valence-electron chi connectivity index (χ1n) is 9.08. The van der Waals surface area contributed by atoms with Gasteiger partial charge < -0.3 is 15.8 Å². The van der Waals surface area contributed by atoms with Gasteiger partial charge in [0.1, 0.15) is 17.9 Å². The topological polar surface area (TPSA) is 90.1 Å². The number of nitrogens with two attached hydrogens (primary N) is 1. The van der Waals surface area contributed by atoms with E-state index in [1.807, 2.05) is 43.3 Å². The van der Waals surface area contributed by atoms with Gasteiger partial charge >= 0.3 is 0 Å². The molecular weight excluding hydrogens is 352 g/mol. The molecule has 0 radical (unpaired) electrons. The van der Waals surface area contributed by atoms with Gasteiger partial charge in [-0.2, -0.15) is 0 Å². The van der Waals surface area contributed by atoms with Crippen LogP contribution in [0.2, 0.25) is 0 Å². The van der Waals surface area contributed by atoms with E-state index in [2.05, 4.69) is 21.2 Å². The summed E-state index contributed by atoms with van der Waals surface area (Å²) >= 11 is 0. The van der Waals surface area contributed by atoms with Crippen LogP contribution in [0.3, 0.4) is 0 Å². The lowest BCUT2D eigenvalue weighted by Gasteiger charge is -2.17. The Hall–Kier alpha value is -3.59. The van der Waals surface area contributed by atoms with Crippen molar-refractivity contribution in [2.24, 2.45) is 5.73 Å². The summed E-state index contributed by atoms with van der Waals surface area (Å²) in [5.74, 6) is 2.91. The summed E-state index contributed by atoms with van der Waals surface area (Å²) in [5, 5.41) is 4.04. The average Bonchev–Trinajstić information content (AvgIpc) is 2.71. The fourth-order valence-corrected chi connectivity index (χ4v) is 2.85. The summed E-state index contributed by atoms with van der Waals surface area (Å²) in [5.41, 5.74) is 8.54. The minimum Gasteiger partial charge on any atom is -0.493 e. The number of benzene rings is 2. The Morgan fingerprint density at radius 2 is 2.14 bits per heavy atom. The van der Waals surface area contributed by atoms with E-state index >= 15 is 0 Å². The number of ether oxygens (including phenoxy) is 1. The fourth-order valence-electron chi connectivity index (χ4n) is 2.85. The standard InChI is InChI=1S/C22H22N4O2/c1-4-9-28-20-12-19-18(11-17(20)14(3)21(23)27)22(25-13-24-19)26-16-8-6-7-15(5-2)10-16/h2,6-8,10-14H,4,9H2,1,3H3,(H2,23,27)(H,24,25,26). The third-order valence-electron chi connectivity index (χ3n) is 4.41. The first-order valence-corrected chi connectivity index (χ1v) is 9.08. The lowest BCUT2D eigenvalue weighted by atomic mass is 9.97. The van der Waals surface area contributed by atoms with Crippen LogP contribution in [0.1, 0.15) is 37.3 Å². The first kappa shape index (κ1) is 19.2. The van der Waals surface area contributed by atoms with Gasteiger partial charge in [-0.3, -0.25) is 4.79 Å². The Morgan fingerprint density at radius 1 is 1.32 bits per heavy atom. The molecule has 1 unspecified atom stereocenters. The Morgan fingerprint density at radius 3 is 2.86 bits per heavy atom. The van der Waals surface area contributed by atoms with Crippen LogP contribution < -0.4 is 15.8 Å². The highest BCUT2D eigenvalue weighted by molar-refractivity contribution is 5.94. The van der Waals surface area contributed by atoms with Crippen molar-refractivity contribution in [3.63, 3.8) is 0 Å². The summed E-state index contributed by atoms with van der Waals surface area (Å²) in [6.45, 7) is 4.32. The molecule has 1 amide bonds. The lowest BCUT2D eigenvalue weighted by molar-refractivity contribution is -0.119. The maximum Gasteiger partial charge on any atom is 0.224 e. The number of amides is 1. The zero-order chi connectivity index (χ0) is 20.1. The van der Waals surface area contributed by atoms with Gasteiger partial charge in [-0.25, -0.2) is 9.97 Å². The number of nitrogens with zero attached hydrogens (tertiary/aromatic N) is 2. The van der Waals surface area contributed by atoms with E-state index in [4.69, 9.17) is 16.9 Å². The Balaban J connectivity index is 2.10. The van der Waals surface area contributed by atoms with Gasteiger partial charge in [-0.15, -0.1) is 6.42 Å². The molecule has 1 atom stereocenters. The third-order valence-corrected chi connectivity index (χ3v) is 4.41. The van der Waals surface area contributed by atoms with Crippen molar-refractivity contribution < 1.29 is 9.53 Å². The predicted molar refractivity (Wildman–Crippen MR) is 111 cm³/mol. The lowest BCUT2D eigenvalue weighted by Crippen LogP contribution is -2.19. The Labute approximate surface area is 164 Å². The van der Waals surface area contributed by atoms with Gasteiger partial charge in [-0.1, -0.05) is 18.9 Å². The fraction of sp³-hybridized carbons (Fsp3) is 0.227. The SMILES string of the molecule is C#Cc1cccc(Nc2ncnc3cc(OCCC)c(C(C)C(N)=O)cc23)c1. The zero-order valence-corrected chi connectivity index (χ0v) is 15.9. The van der Waals surface area contributed by atoms with Gasteiger partial charge in [0.2, 0.25) is 5.91 Å². The van der Waals surface area contributed by atoms with Crippen LogP contribution in [-0.4, -0.2) is 22.5 Å². The van der Waals surface area contributed by atoms with Crippen molar-refractivity contribution in [1.82, 2.24) is 9.97 Å². The summed E-state index contributed by atoms with van der Waals surface area (Å²) in [4.78, 5) is 20.5. The maximum absolute atomic E-state index is 11.8. The van der Waals surface area contributed by atoms with E-state index in [1.165, 1.54) is 6.33 Å². The smallest absolute Gasteiger partial charge is 0.224 e. The molecule has 1 aromatic heterocycles. The van der Waals surface area contributed by atoms with Crippen molar-refractivity contribution in [2.75, 3.05) is 11.9 Å². The summed E-state index contributed by atoms with van der Waals surface area (Å²) in [6, 6.07) is 11.2. The minimum absolute atomic E-state index is 0.422. The molecule has 3 aromatic rings. The average molecular weight is 374 g/mol. The number of rotatable bonds is 7. The normalized spacial score (nSPS) is 11.6. The van der Waals surface area contributed by atoms with Crippen molar-refractivity contribution in [1.29, 1.82) is 0 Å². The number of hydrogen-bond acceptors (Lipinski definition) is 5. The van der Waals surface area contributed by atoms with E-state index in [-0.39, 0.29) is 0 Å². The molecule has 6 heteroatoms. The molecule has 6 nitrogen and oxygen atoms in total. The maximum atomic E-state index is 11.8. The number of fused-ring (bicyclic) bond motifs is 1. The second kappa shape index (κ2) is 8.40. The van der Waals surface area contributed by atoms with Crippen LogP contribution in [0.5, 0.6) is 5.75 Å². The number of anilines is 2. The van der Waals surface area contributed by atoms with Crippen molar-refractivity contribution in [3.05, 3.63) is 53.9 Å². The van der Waals surface area contributed by atoms with Crippen LogP contribution >= 0.6 is 0 Å². The number of hydrogen-bond donors (Lipinski definition) is 2. The zero-order valence-electron chi connectivity index (χ0n) is 15.9. The molecule has 1 heterocycles.